The summed E-state index contributed by atoms with van der Waals surface area (Å²) in [4.78, 5) is 15.7. The largest absolute Gasteiger partial charge is 0.336 e. The Labute approximate surface area is 149 Å². The molecule has 0 fully saturated rings. The molecule has 1 atom stereocenters. The van der Waals surface area contributed by atoms with Crippen molar-refractivity contribution in [3.8, 4) is 0 Å². The van der Waals surface area contributed by atoms with Crippen molar-refractivity contribution in [1.29, 1.82) is 0 Å². The Morgan fingerprint density at radius 3 is 2.75 bits per heavy atom. The Kier molecular flexibility index (Phi) is 4.13. The van der Waals surface area contributed by atoms with Crippen molar-refractivity contribution in [1.82, 2.24) is 15.2 Å². The van der Waals surface area contributed by atoms with Gasteiger partial charge in [0.1, 0.15) is 4.95 Å². The second-order valence-corrected chi connectivity index (χ2v) is 6.62. The number of fused-ring (bicyclic) bond motifs is 1. The Bertz CT molecular complexity index is 814. The minimum absolute atomic E-state index is 0.166. The van der Waals surface area contributed by atoms with E-state index in [0.717, 1.165) is 28.5 Å². The van der Waals surface area contributed by atoms with Gasteiger partial charge in [0, 0.05) is 18.6 Å². The maximum absolute atomic E-state index is 4.75. The lowest BCUT2D eigenvalue weighted by Gasteiger charge is -2.28. The standard InChI is InChI=1S/C18H16BrN5/c19-16-11-22-18-17(21-10-13-6-8-20-9-7-13)23-15(12-24(16)18)14-4-2-1-3-5-14/h1-9,12,16H,10-11H2,(H,21,23). The number of rotatable bonds is 3. The highest BCUT2D eigenvalue weighted by Gasteiger charge is 2.32. The number of alkyl halides is 1. The predicted molar refractivity (Wildman–Crippen MR) is 99.8 cm³/mol. The maximum Gasteiger partial charge on any atom is 0.172 e. The molecule has 1 aromatic carbocycles. The molecule has 6 heteroatoms. The van der Waals surface area contributed by atoms with E-state index in [-0.39, 0.29) is 4.95 Å². The van der Waals surface area contributed by atoms with Crippen LogP contribution in [0, 0.1) is 0 Å². The van der Waals surface area contributed by atoms with E-state index in [1.54, 1.807) is 12.4 Å². The molecule has 1 unspecified atom stereocenters. The highest BCUT2D eigenvalue weighted by atomic mass is 79.9. The highest BCUT2D eigenvalue weighted by molar-refractivity contribution is 9.09. The molecule has 24 heavy (non-hydrogen) atoms. The molecule has 4 rings (SSSR count). The summed E-state index contributed by atoms with van der Waals surface area (Å²) in [5, 5.41) is 3.43. The number of amidine groups is 2. The number of aromatic nitrogens is 1. The predicted octanol–water partition coefficient (Wildman–Crippen LogP) is 3.02. The zero-order chi connectivity index (χ0) is 16.4. The molecule has 2 aromatic rings. The van der Waals surface area contributed by atoms with E-state index in [2.05, 4.69) is 54.5 Å². The number of nitrogens with one attached hydrogen (secondary N) is 1. The number of aliphatic imine (C=N–C) groups is 2. The van der Waals surface area contributed by atoms with Gasteiger partial charge in [-0.3, -0.25) is 15.0 Å². The van der Waals surface area contributed by atoms with Gasteiger partial charge in [-0.05, 0) is 23.3 Å². The SMILES string of the molecule is BrC1CN=C2C(=NCc3ccncc3)NC(c3ccccc3)=CN21. The van der Waals surface area contributed by atoms with Crippen LogP contribution < -0.4 is 5.32 Å². The fourth-order valence-corrected chi connectivity index (χ4v) is 3.15. The molecule has 0 amide bonds. The number of nitrogens with zero attached hydrogens (tertiary/aromatic N) is 4. The lowest BCUT2D eigenvalue weighted by atomic mass is 10.1. The second-order valence-electron chi connectivity index (χ2n) is 5.56. The number of pyridine rings is 1. The molecule has 0 spiro atoms. The van der Waals surface area contributed by atoms with Gasteiger partial charge >= 0.3 is 0 Å². The molecule has 0 bridgehead atoms. The summed E-state index contributed by atoms with van der Waals surface area (Å²) < 4.78 is 0. The summed E-state index contributed by atoms with van der Waals surface area (Å²) >= 11 is 3.68. The van der Waals surface area contributed by atoms with Gasteiger partial charge < -0.3 is 10.2 Å². The number of benzene rings is 1. The van der Waals surface area contributed by atoms with Crippen LogP contribution in [0.1, 0.15) is 11.1 Å². The van der Waals surface area contributed by atoms with Crippen molar-refractivity contribution >= 4 is 33.3 Å². The third-order valence-electron chi connectivity index (χ3n) is 3.93. The molecule has 1 aromatic heterocycles. The van der Waals surface area contributed by atoms with Crippen molar-refractivity contribution in [3.63, 3.8) is 0 Å². The molecular formula is C18H16BrN5. The maximum atomic E-state index is 4.75. The van der Waals surface area contributed by atoms with Gasteiger partial charge in [-0.25, -0.2) is 0 Å². The van der Waals surface area contributed by atoms with Gasteiger partial charge in [0.2, 0.25) is 0 Å². The first kappa shape index (κ1) is 15.1. The van der Waals surface area contributed by atoms with Crippen molar-refractivity contribution < 1.29 is 0 Å². The Hall–Kier alpha value is -2.47. The van der Waals surface area contributed by atoms with Gasteiger partial charge in [0.25, 0.3) is 0 Å². The fourth-order valence-electron chi connectivity index (χ4n) is 2.69. The Morgan fingerprint density at radius 1 is 1.17 bits per heavy atom. The van der Waals surface area contributed by atoms with Gasteiger partial charge in [0.15, 0.2) is 11.7 Å². The fraction of sp³-hybridized carbons (Fsp3) is 0.167. The molecule has 5 nitrogen and oxygen atoms in total. The van der Waals surface area contributed by atoms with Crippen LogP contribution in [0.3, 0.4) is 0 Å². The van der Waals surface area contributed by atoms with Crippen molar-refractivity contribution in [2.75, 3.05) is 6.54 Å². The third kappa shape index (κ3) is 2.97. The zero-order valence-electron chi connectivity index (χ0n) is 12.9. The van der Waals surface area contributed by atoms with Crippen LogP contribution >= 0.6 is 15.9 Å². The number of hydrogen-bond acceptors (Lipinski definition) is 4. The average Bonchev–Trinajstić information content (AvgIpc) is 3.02. The van der Waals surface area contributed by atoms with Gasteiger partial charge in [-0.1, -0.05) is 46.3 Å². The van der Waals surface area contributed by atoms with Crippen molar-refractivity contribution in [3.05, 3.63) is 72.2 Å². The van der Waals surface area contributed by atoms with Crippen LogP contribution in [0.25, 0.3) is 5.70 Å². The number of hydrogen-bond donors (Lipinski definition) is 1. The summed E-state index contributed by atoms with van der Waals surface area (Å²) in [6.45, 7) is 1.30. The van der Waals surface area contributed by atoms with E-state index < -0.39 is 0 Å². The van der Waals surface area contributed by atoms with Gasteiger partial charge in [0.05, 0.1) is 18.8 Å². The first-order valence-electron chi connectivity index (χ1n) is 7.76. The molecule has 2 aliphatic heterocycles. The van der Waals surface area contributed by atoms with Gasteiger partial charge in [-0.15, -0.1) is 0 Å². The summed E-state index contributed by atoms with van der Waals surface area (Å²) in [6.07, 6.45) is 5.66. The first-order valence-corrected chi connectivity index (χ1v) is 8.68. The lowest BCUT2D eigenvalue weighted by Crippen LogP contribution is -2.44. The second kappa shape index (κ2) is 6.57. The summed E-state index contributed by atoms with van der Waals surface area (Å²) in [7, 11) is 0. The Balaban J connectivity index is 1.66. The molecule has 3 heterocycles. The van der Waals surface area contributed by atoms with Crippen molar-refractivity contribution in [2.45, 2.75) is 11.5 Å². The van der Waals surface area contributed by atoms with E-state index in [1.165, 1.54) is 0 Å². The molecule has 1 N–H and O–H groups in total. The van der Waals surface area contributed by atoms with Crippen molar-refractivity contribution in [2.24, 2.45) is 9.98 Å². The molecule has 120 valence electrons. The lowest BCUT2D eigenvalue weighted by molar-refractivity contribution is 0.577. The normalized spacial score (nSPS) is 21.1. The van der Waals surface area contributed by atoms with E-state index in [1.807, 2.05) is 30.3 Å². The minimum Gasteiger partial charge on any atom is -0.336 e. The quantitative estimate of drug-likeness (QED) is 0.656. The van der Waals surface area contributed by atoms with Gasteiger partial charge in [-0.2, -0.15) is 0 Å². The highest BCUT2D eigenvalue weighted by Crippen LogP contribution is 2.25. The summed E-state index contributed by atoms with van der Waals surface area (Å²) in [6, 6.07) is 14.2. The third-order valence-corrected chi connectivity index (χ3v) is 4.66. The topological polar surface area (TPSA) is 52.9 Å². The summed E-state index contributed by atoms with van der Waals surface area (Å²) in [5.41, 5.74) is 3.27. The first-order chi connectivity index (χ1) is 11.8. The van der Waals surface area contributed by atoms with Crippen LogP contribution in [0.15, 0.2) is 71.0 Å². The smallest absolute Gasteiger partial charge is 0.172 e. The molecule has 0 aliphatic carbocycles. The minimum atomic E-state index is 0.166. The van der Waals surface area contributed by atoms with Crippen LogP contribution in [-0.2, 0) is 6.54 Å². The van der Waals surface area contributed by atoms with Crippen LogP contribution in [-0.4, -0.2) is 33.1 Å². The monoisotopic (exact) mass is 381 g/mol. The van der Waals surface area contributed by atoms with E-state index in [4.69, 9.17) is 4.99 Å². The van der Waals surface area contributed by atoms with E-state index in [9.17, 15) is 0 Å². The van der Waals surface area contributed by atoms with E-state index in [0.29, 0.717) is 13.1 Å². The molecule has 0 saturated heterocycles. The molecule has 0 saturated carbocycles. The molecular weight excluding hydrogens is 366 g/mol. The van der Waals surface area contributed by atoms with Crippen LogP contribution in [0.4, 0.5) is 0 Å². The number of halogens is 1. The Morgan fingerprint density at radius 2 is 1.96 bits per heavy atom. The zero-order valence-corrected chi connectivity index (χ0v) is 14.5. The average molecular weight is 382 g/mol. The van der Waals surface area contributed by atoms with Crippen LogP contribution in [0.2, 0.25) is 0 Å². The van der Waals surface area contributed by atoms with Crippen LogP contribution in [0.5, 0.6) is 0 Å². The summed E-state index contributed by atoms with van der Waals surface area (Å²) in [5.74, 6) is 1.68. The molecule has 2 aliphatic rings. The van der Waals surface area contributed by atoms with E-state index >= 15 is 0 Å². The molecule has 0 radical (unpaired) electrons.